The van der Waals surface area contributed by atoms with Gasteiger partial charge in [-0.05, 0) is 38.0 Å². The molecule has 4 fully saturated rings. The van der Waals surface area contributed by atoms with Gasteiger partial charge in [0.1, 0.15) is 5.76 Å². The molecule has 2 amide bonds. The highest BCUT2D eigenvalue weighted by atomic mass is 16.5. The first kappa shape index (κ1) is 15.4. The van der Waals surface area contributed by atoms with Gasteiger partial charge in [0.15, 0.2) is 5.69 Å². The summed E-state index contributed by atoms with van der Waals surface area (Å²) in [5, 5.41) is 6.99. The first-order valence-electron chi connectivity index (χ1n) is 9.36. The van der Waals surface area contributed by atoms with Crippen molar-refractivity contribution in [2.24, 2.45) is 11.8 Å². The van der Waals surface area contributed by atoms with Crippen molar-refractivity contribution >= 4 is 11.8 Å². The van der Waals surface area contributed by atoms with E-state index in [1.54, 1.807) is 11.0 Å². The van der Waals surface area contributed by atoms with Crippen LogP contribution in [0.15, 0.2) is 10.6 Å². The zero-order valence-electron chi connectivity index (χ0n) is 14.1. The molecule has 0 spiro atoms. The molecule has 7 heteroatoms. The number of hydrogen-bond donors (Lipinski definition) is 1. The third-order valence-corrected chi connectivity index (χ3v) is 5.77. The summed E-state index contributed by atoms with van der Waals surface area (Å²) >= 11 is 0. The second-order valence-electron chi connectivity index (χ2n) is 7.93. The lowest BCUT2D eigenvalue weighted by Crippen LogP contribution is -2.48. The Hall–Kier alpha value is -1.89. The molecule has 3 unspecified atom stereocenters. The van der Waals surface area contributed by atoms with Crippen LogP contribution in [0.5, 0.6) is 0 Å². The van der Waals surface area contributed by atoms with Gasteiger partial charge in [-0.2, -0.15) is 0 Å². The lowest BCUT2D eigenvalue weighted by Gasteiger charge is -2.32. The number of hydrogen-bond acceptors (Lipinski definition) is 5. The maximum absolute atomic E-state index is 12.7. The highest BCUT2D eigenvalue weighted by Gasteiger charge is 2.46. The zero-order valence-corrected chi connectivity index (χ0v) is 14.1. The van der Waals surface area contributed by atoms with Gasteiger partial charge in [0.05, 0.1) is 18.1 Å². The van der Waals surface area contributed by atoms with Crippen LogP contribution in [0.25, 0.3) is 0 Å². The van der Waals surface area contributed by atoms with Gasteiger partial charge >= 0.3 is 0 Å². The Kier molecular flexibility index (Phi) is 3.58. The Balaban J connectivity index is 1.23. The minimum absolute atomic E-state index is 0.0609. The van der Waals surface area contributed by atoms with Gasteiger partial charge in [0.2, 0.25) is 5.91 Å². The first-order chi connectivity index (χ1) is 12.2. The van der Waals surface area contributed by atoms with Gasteiger partial charge in [0, 0.05) is 31.6 Å². The number of rotatable bonds is 5. The maximum atomic E-state index is 12.7. The van der Waals surface area contributed by atoms with Crippen molar-refractivity contribution < 1.29 is 18.8 Å². The minimum Gasteiger partial charge on any atom is -0.370 e. The smallest absolute Gasteiger partial charge is 0.276 e. The molecule has 2 bridgehead atoms. The molecule has 2 saturated carbocycles. The summed E-state index contributed by atoms with van der Waals surface area (Å²) in [6, 6.07) is 1.77. The zero-order chi connectivity index (χ0) is 17.0. The van der Waals surface area contributed by atoms with Crippen LogP contribution in [0, 0.1) is 11.8 Å². The fourth-order valence-corrected chi connectivity index (χ4v) is 3.91. The van der Waals surface area contributed by atoms with Crippen molar-refractivity contribution in [3.8, 4) is 0 Å². The molecular weight excluding hydrogens is 322 g/mol. The summed E-state index contributed by atoms with van der Waals surface area (Å²) in [7, 11) is 0. The fourth-order valence-electron chi connectivity index (χ4n) is 3.91. The molecular formula is C18H23N3O4. The summed E-state index contributed by atoms with van der Waals surface area (Å²) in [5.74, 6) is 1.72. The van der Waals surface area contributed by atoms with E-state index in [0.29, 0.717) is 37.0 Å². The number of amides is 2. The average Bonchev–Trinajstić information content (AvgIpc) is 3.55. The number of likely N-dealkylation sites (tertiary alicyclic amines) is 1. The van der Waals surface area contributed by atoms with Crippen LogP contribution in [0.2, 0.25) is 0 Å². The van der Waals surface area contributed by atoms with E-state index in [1.165, 1.54) is 12.8 Å². The topological polar surface area (TPSA) is 84.7 Å². The molecule has 5 rings (SSSR count). The van der Waals surface area contributed by atoms with Crippen LogP contribution in [0.3, 0.4) is 0 Å². The van der Waals surface area contributed by atoms with Crippen LogP contribution in [-0.4, -0.2) is 53.7 Å². The molecule has 134 valence electrons. The molecule has 3 heterocycles. The Morgan fingerprint density at radius 3 is 2.84 bits per heavy atom. The molecule has 1 aromatic heterocycles. The van der Waals surface area contributed by atoms with Crippen molar-refractivity contribution in [1.29, 1.82) is 0 Å². The second-order valence-corrected chi connectivity index (χ2v) is 7.93. The van der Waals surface area contributed by atoms with Crippen LogP contribution < -0.4 is 5.32 Å². The normalized spacial score (nSPS) is 31.2. The van der Waals surface area contributed by atoms with Crippen molar-refractivity contribution in [3.05, 3.63) is 17.5 Å². The Labute approximate surface area is 146 Å². The SMILES string of the molecule is O=C(NCC1CC1)C1CC2CN(C(=O)c3cc(C4CC4)on3)CC1O2. The molecule has 7 nitrogen and oxygen atoms in total. The van der Waals surface area contributed by atoms with Gasteiger partial charge in [0.25, 0.3) is 5.91 Å². The minimum atomic E-state index is -0.211. The maximum Gasteiger partial charge on any atom is 0.276 e. The summed E-state index contributed by atoms with van der Waals surface area (Å²) in [5.41, 5.74) is 0.373. The summed E-state index contributed by atoms with van der Waals surface area (Å²) < 4.78 is 11.2. The number of ether oxygens (including phenoxy) is 1. The molecule has 4 aliphatic rings. The number of nitrogens with one attached hydrogen (secondary N) is 1. The van der Waals surface area contributed by atoms with Crippen molar-refractivity contribution in [2.75, 3.05) is 19.6 Å². The Morgan fingerprint density at radius 1 is 1.24 bits per heavy atom. The van der Waals surface area contributed by atoms with E-state index in [1.807, 2.05) is 0 Å². The van der Waals surface area contributed by atoms with Crippen molar-refractivity contribution in [2.45, 2.75) is 50.2 Å². The molecule has 25 heavy (non-hydrogen) atoms. The highest BCUT2D eigenvalue weighted by molar-refractivity contribution is 5.92. The molecule has 0 aromatic carbocycles. The van der Waals surface area contributed by atoms with Gasteiger partial charge in [-0.25, -0.2) is 0 Å². The van der Waals surface area contributed by atoms with E-state index in [9.17, 15) is 9.59 Å². The third kappa shape index (κ3) is 3.05. The Morgan fingerprint density at radius 2 is 2.08 bits per heavy atom. The van der Waals surface area contributed by atoms with Crippen LogP contribution >= 0.6 is 0 Å². The van der Waals surface area contributed by atoms with Crippen LogP contribution in [0.4, 0.5) is 0 Å². The Bertz CT molecular complexity index is 694. The van der Waals surface area contributed by atoms with E-state index in [4.69, 9.17) is 9.26 Å². The standard InChI is InChI=1S/C18H23N3O4/c22-17(19-7-10-1-2-10)13-5-12-8-21(9-16(13)24-12)18(23)14-6-15(25-20-14)11-3-4-11/h6,10-13,16H,1-5,7-9H2,(H,19,22). The van der Waals surface area contributed by atoms with Crippen molar-refractivity contribution in [3.63, 3.8) is 0 Å². The van der Waals surface area contributed by atoms with E-state index < -0.39 is 0 Å². The highest BCUT2D eigenvalue weighted by Crippen LogP contribution is 2.40. The first-order valence-corrected chi connectivity index (χ1v) is 9.36. The quantitative estimate of drug-likeness (QED) is 0.870. The monoisotopic (exact) mass is 345 g/mol. The number of nitrogens with zero attached hydrogens (tertiary/aromatic N) is 2. The molecule has 2 aliphatic heterocycles. The van der Waals surface area contributed by atoms with E-state index in [2.05, 4.69) is 10.5 Å². The average molecular weight is 345 g/mol. The molecule has 1 aromatic rings. The van der Waals surface area contributed by atoms with Gasteiger partial charge in [-0.15, -0.1) is 0 Å². The number of carbonyl (C=O) groups is 2. The lowest BCUT2D eigenvalue weighted by atomic mass is 9.99. The molecule has 3 atom stereocenters. The van der Waals surface area contributed by atoms with Gasteiger partial charge < -0.3 is 19.5 Å². The number of carbonyl (C=O) groups excluding carboxylic acids is 2. The van der Waals surface area contributed by atoms with Gasteiger partial charge in [-0.1, -0.05) is 5.16 Å². The number of aromatic nitrogens is 1. The predicted molar refractivity (Wildman–Crippen MR) is 86.9 cm³/mol. The fraction of sp³-hybridized carbons (Fsp3) is 0.722. The van der Waals surface area contributed by atoms with Gasteiger partial charge in [-0.3, -0.25) is 9.59 Å². The molecule has 2 saturated heterocycles. The van der Waals surface area contributed by atoms with E-state index in [-0.39, 0.29) is 29.9 Å². The van der Waals surface area contributed by atoms with Crippen LogP contribution in [-0.2, 0) is 9.53 Å². The van der Waals surface area contributed by atoms with Crippen molar-refractivity contribution in [1.82, 2.24) is 15.4 Å². The van der Waals surface area contributed by atoms with Crippen LogP contribution in [0.1, 0.15) is 54.3 Å². The molecule has 0 radical (unpaired) electrons. The van der Waals surface area contributed by atoms with E-state index >= 15 is 0 Å². The second kappa shape index (κ2) is 5.83. The summed E-state index contributed by atoms with van der Waals surface area (Å²) in [6.07, 6.45) is 5.08. The number of fused-ring (bicyclic) bond motifs is 2. The lowest BCUT2D eigenvalue weighted by molar-refractivity contribution is -0.127. The summed E-state index contributed by atoms with van der Waals surface area (Å²) in [4.78, 5) is 26.9. The predicted octanol–water partition coefficient (Wildman–Crippen LogP) is 1.31. The molecule has 2 aliphatic carbocycles. The largest absolute Gasteiger partial charge is 0.370 e. The molecule has 1 N–H and O–H groups in total. The third-order valence-electron chi connectivity index (χ3n) is 5.77. The van der Waals surface area contributed by atoms with E-state index in [0.717, 1.165) is 25.1 Å². The number of morpholine rings is 1. The summed E-state index contributed by atoms with van der Waals surface area (Å²) in [6.45, 7) is 1.74.